The summed E-state index contributed by atoms with van der Waals surface area (Å²) in [6.45, 7) is 4.16. The Labute approximate surface area is 151 Å². The van der Waals surface area contributed by atoms with Gasteiger partial charge in [0.1, 0.15) is 12.4 Å². The Hall–Kier alpha value is -2.74. The third-order valence-corrected chi connectivity index (χ3v) is 5.25. The summed E-state index contributed by atoms with van der Waals surface area (Å²) in [7, 11) is 0. The zero-order valence-corrected chi connectivity index (χ0v) is 14.5. The van der Waals surface area contributed by atoms with Crippen molar-refractivity contribution in [3.8, 4) is 0 Å². The normalized spacial score (nSPS) is 20.2. The molecule has 0 spiro atoms. The van der Waals surface area contributed by atoms with Gasteiger partial charge in [-0.25, -0.2) is 0 Å². The minimum Gasteiger partial charge on any atom is -0.336 e. The molecule has 0 saturated carbocycles. The van der Waals surface area contributed by atoms with Gasteiger partial charge in [-0.15, -0.1) is 0 Å². The summed E-state index contributed by atoms with van der Waals surface area (Å²) < 4.78 is 1.52. The second-order valence-corrected chi connectivity index (χ2v) is 6.93. The maximum absolute atomic E-state index is 12.8. The van der Waals surface area contributed by atoms with Crippen LogP contribution in [0.2, 0.25) is 0 Å². The van der Waals surface area contributed by atoms with E-state index in [2.05, 4.69) is 10.00 Å². The molecular formula is C18H21N5O3. The second-order valence-electron chi connectivity index (χ2n) is 6.93. The third-order valence-electron chi connectivity index (χ3n) is 5.25. The van der Waals surface area contributed by atoms with Crippen molar-refractivity contribution in [3.05, 3.63) is 57.9 Å². The van der Waals surface area contributed by atoms with Crippen molar-refractivity contribution >= 4 is 11.6 Å². The summed E-state index contributed by atoms with van der Waals surface area (Å²) in [6.07, 6.45) is 5.05. The molecule has 1 aromatic heterocycles. The zero-order chi connectivity index (χ0) is 18.1. The SMILES string of the molecule is O=C(c1ccc(Cn2cc([N+](=O)[O-])cn2)cc1)N1CCN2CCC[C@@H]2C1. The summed E-state index contributed by atoms with van der Waals surface area (Å²) >= 11 is 0. The molecule has 0 N–H and O–H groups in total. The average molecular weight is 355 g/mol. The minimum absolute atomic E-state index is 0.0251. The molecule has 0 aliphatic carbocycles. The summed E-state index contributed by atoms with van der Waals surface area (Å²) in [5, 5.41) is 14.7. The first-order valence-electron chi connectivity index (χ1n) is 8.89. The number of piperazine rings is 1. The molecule has 0 radical (unpaired) electrons. The molecule has 0 bridgehead atoms. The first-order valence-corrected chi connectivity index (χ1v) is 8.89. The van der Waals surface area contributed by atoms with Crippen LogP contribution < -0.4 is 0 Å². The highest BCUT2D eigenvalue weighted by molar-refractivity contribution is 5.94. The summed E-state index contributed by atoms with van der Waals surface area (Å²) in [6, 6.07) is 7.94. The number of hydrogen-bond acceptors (Lipinski definition) is 5. The highest BCUT2D eigenvalue weighted by Gasteiger charge is 2.32. The molecule has 2 fully saturated rings. The van der Waals surface area contributed by atoms with Gasteiger partial charge in [0.05, 0.1) is 11.5 Å². The van der Waals surface area contributed by atoms with Crippen molar-refractivity contribution in [2.24, 2.45) is 0 Å². The van der Waals surface area contributed by atoms with Crippen LogP contribution in [0.1, 0.15) is 28.8 Å². The third kappa shape index (κ3) is 3.32. The predicted octanol–water partition coefficient (Wildman–Crippen LogP) is 1.76. The van der Waals surface area contributed by atoms with Gasteiger partial charge in [0.25, 0.3) is 5.91 Å². The van der Waals surface area contributed by atoms with Gasteiger partial charge in [-0.1, -0.05) is 12.1 Å². The van der Waals surface area contributed by atoms with Crippen molar-refractivity contribution in [2.45, 2.75) is 25.4 Å². The number of aromatic nitrogens is 2. The summed E-state index contributed by atoms with van der Waals surface area (Å²) in [4.78, 5) is 27.4. The number of hydrogen-bond donors (Lipinski definition) is 0. The molecule has 4 rings (SSSR count). The molecule has 0 unspecified atom stereocenters. The van der Waals surface area contributed by atoms with E-state index in [1.807, 2.05) is 29.2 Å². The fraction of sp³-hybridized carbons (Fsp3) is 0.444. The minimum atomic E-state index is -0.463. The number of carbonyl (C=O) groups excluding carboxylic acids is 1. The van der Waals surface area contributed by atoms with E-state index in [4.69, 9.17) is 0 Å². The maximum atomic E-state index is 12.8. The molecule has 2 aliphatic rings. The van der Waals surface area contributed by atoms with Gasteiger partial charge in [0.15, 0.2) is 0 Å². The van der Waals surface area contributed by atoms with Crippen LogP contribution in [0.25, 0.3) is 0 Å². The fourth-order valence-electron chi connectivity index (χ4n) is 3.83. The Morgan fingerprint density at radius 2 is 2.04 bits per heavy atom. The first-order chi connectivity index (χ1) is 12.6. The Morgan fingerprint density at radius 3 is 2.77 bits per heavy atom. The topological polar surface area (TPSA) is 84.5 Å². The molecule has 136 valence electrons. The smallest absolute Gasteiger partial charge is 0.307 e. The van der Waals surface area contributed by atoms with Crippen molar-refractivity contribution in [1.29, 1.82) is 0 Å². The fourth-order valence-corrected chi connectivity index (χ4v) is 3.83. The van der Waals surface area contributed by atoms with Crippen LogP contribution in [0, 0.1) is 10.1 Å². The van der Waals surface area contributed by atoms with Crippen LogP contribution >= 0.6 is 0 Å². The number of rotatable bonds is 4. The Morgan fingerprint density at radius 1 is 1.23 bits per heavy atom. The van der Waals surface area contributed by atoms with Crippen molar-refractivity contribution in [3.63, 3.8) is 0 Å². The van der Waals surface area contributed by atoms with Crippen LogP contribution in [0.5, 0.6) is 0 Å². The van der Waals surface area contributed by atoms with Gasteiger partial charge in [-0.3, -0.25) is 24.5 Å². The van der Waals surface area contributed by atoms with Gasteiger partial charge in [0.2, 0.25) is 0 Å². The molecule has 8 nitrogen and oxygen atoms in total. The number of carbonyl (C=O) groups is 1. The van der Waals surface area contributed by atoms with E-state index < -0.39 is 4.92 Å². The van der Waals surface area contributed by atoms with Crippen molar-refractivity contribution in [2.75, 3.05) is 26.2 Å². The quantitative estimate of drug-likeness (QED) is 0.616. The van der Waals surface area contributed by atoms with Crippen molar-refractivity contribution in [1.82, 2.24) is 19.6 Å². The maximum Gasteiger partial charge on any atom is 0.307 e. The van der Waals surface area contributed by atoms with E-state index >= 15 is 0 Å². The molecular weight excluding hydrogens is 334 g/mol. The van der Waals surface area contributed by atoms with Gasteiger partial charge < -0.3 is 4.90 Å². The Bertz CT molecular complexity index is 816. The molecule has 2 aromatic rings. The number of nitro groups is 1. The average Bonchev–Trinajstić information content (AvgIpc) is 3.30. The highest BCUT2D eigenvalue weighted by Crippen LogP contribution is 2.22. The lowest BCUT2D eigenvalue weighted by Crippen LogP contribution is -2.52. The van der Waals surface area contributed by atoms with E-state index in [9.17, 15) is 14.9 Å². The Kier molecular flexibility index (Phi) is 4.42. The number of nitrogens with zero attached hydrogens (tertiary/aromatic N) is 5. The van der Waals surface area contributed by atoms with Crippen LogP contribution in [-0.4, -0.2) is 62.6 Å². The predicted molar refractivity (Wildman–Crippen MR) is 94.9 cm³/mol. The lowest BCUT2D eigenvalue weighted by Gasteiger charge is -2.37. The molecule has 2 saturated heterocycles. The van der Waals surface area contributed by atoms with E-state index in [0.29, 0.717) is 18.2 Å². The van der Waals surface area contributed by atoms with Crippen LogP contribution in [0.3, 0.4) is 0 Å². The largest absolute Gasteiger partial charge is 0.336 e. The number of amides is 1. The molecule has 2 aliphatic heterocycles. The van der Waals surface area contributed by atoms with E-state index in [1.165, 1.54) is 29.9 Å². The molecule has 1 amide bonds. The van der Waals surface area contributed by atoms with Gasteiger partial charge in [-0.05, 0) is 37.1 Å². The lowest BCUT2D eigenvalue weighted by atomic mass is 10.1. The number of benzene rings is 1. The van der Waals surface area contributed by atoms with Gasteiger partial charge >= 0.3 is 5.69 Å². The molecule has 8 heteroatoms. The summed E-state index contributed by atoms with van der Waals surface area (Å²) in [5.41, 5.74) is 1.61. The standard InChI is InChI=1S/C18H21N5O3/c24-18(21-9-8-20-7-1-2-16(20)12-21)15-5-3-14(4-6-15)11-22-13-17(10-19-22)23(25)26/h3-6,10,13,16H,1-2,7-9,11-12H2/t16-/m1/s1. The van der Waals surface area contributed by atoms with E-state index in [1.54, 1.807) is 0 Å². The first kappa shape index (κ1) is 16.7. The second kappa shape index (κ2) is 6.87. The van der Waals surface area contributed by atoms with Gasteiger partial charge in [0, 0.05) is 31.2 Å². The van der Waals surface area contributed by atoms with Crippen LogP contribution in [-0.2, 0) is 6.54 Å². The summed E-state index contributed by atoms with van der Waals surface area (Å²) in [5.74, 6) is 0.0813. The highest BCUT2D eigenvalue weighted by atomic mass is 16.6. The number of fused-ring (bicyclic) bond motifs is 1. The van der Waals surface area contributed by atoms with Crippen LogP contribution in [0.4, 0.5) is 5.69 Å². The van der Waals surface area contributed by atoms with Gasteiger partial charge in [-0.2, -0.15) is 5.10 Å². The van der Waals surface area contributed by atoms with Crippen LogP contribution in [0.15, 0.2) is 36.7 Å². The zero-order valence-electron chi connectivity index (χ0n) is 14.5. The molecule has 1 aromatic carbocycles. The lowest BCUT2D eigenvalue weighted by molar-refractivity contribution is -0.385. The molecule has 3 heterocycles. The van der Waals surface area contributed by atoms with E-state index in [0.717, 1.165) is 31.7 Å². The van der Waals surface area contributed by atoms with Crippen molar-refractivity contribution < 1.29 is 9.72 Å². The Balaban J connectivity index is 1.40. The monoisotopic (exact) mass is 355 g/mol. The molecule has 1 atom stereocenters. The molecule has 26 heavy (non-hydrogen) atoms. The van der Waals surface area contributed by atoms with E-state index in [-0.39, 0.29) is 11.6 Å².